The van der Waals surface area contributed by atoms with E-state index in [0.717, 1.165) is 0 Å². The fraction of sp³-hybridized carbons (Fsp3) is 0.300. The van der Waals surface area contributed by atoms with E-state index in [0.29, 0.717) is 17.3 Å². The molecule has 1 aromatic rings. The third-order valence-electron chi connectivity index (χ3n) is 2.51. The van der Waals surface area contributed by atoms with Crippen molar-refractivity contribution in [2.24, 2.45) is 0 Å². The van der Waals surface area contributed by atoms with E-state index in [9.17, 15) is 9.59 Å². The molecule has 1 aromatic heterocycles. The van der Waals surface area contributed by atoms with Gasteiger partial charge < -0.3 is 15.0 Å². The van der Waals surface area contributed by atoms with Crippen LogP contribution in [-0.2, 0) is 11.3 Å². The van der Waals surface area contributed by atoms with E-state index in [-0.39, 0.29) is 16.8 Å². The molecule has 0 atom stereocenters. The second kappa shape index (κ2) is 4.14. The maximum atomic E-state index is 12.0. The zero-order valence-corrected chi connectivity index (χ0v) is 9.84. The number of hydrogen-bond donors (Lipinski definition) is 1. The molecule has 88 valence electrons. The van der Waals surface area contributed by atoms with Crippen LogP contribution >= 0.6 is 11.8 Å². The van der Waals surface area contributed by atoms with Gasteiger partial charge in [-0.1, -0.05) is 0 Å². The van der Waals surface area contributed by atoms with E-state index < -0.39 is 11.5 Å². The van der Waals surface area contributed by atoms with Gasteiger partial charge in [-0.2, -0.15) is 5.26 Å². The molecule has 1 aliphatic rings. The van der Waals surface area contributed by atoms with Crippen LogP contribution in [0.25, 0.3) is 0 Å². The molecule has 0 saturated heterocycles. The lowest BCUT2D eigenvalue weighted by atomic mass is 10.1. The average Bonchev–Trinajstić information content (AvgIpc) is 2.78. The van der Waals surface area contributed by atoms with Gasteiger partial charge in [0.1, 0.15) is 17.2 Å². The zero-order chi connectivity index (χ0) is 12.6. The molecule has 7 heteroatoms. The van der Waals surface area contributed by atoms with Crippen LogP contribution < -0.4 is 11.3 Å². The Labute approximate surface area is 101 Å². The number of aromatic nitrogens is 1. The molecular weight excluding hydrogens is 242 g/mol. The second-order valence-corrected chi connectivity index (χ2v) is 4.46. The van der Waals surface area contributed by atoms with Crippen LogP contribution in [0.5, 0.6) is 0 Å². The number of hydrogen-bond acceptors (Lipinski definition) is 6. The van der Waals surface area contributed by atoms with Crippen LogP contribution in [-0.4, -0.2) is 23.4 Å². The normalized spacial score (nSPS) is 12.9. The van der Waals surface area contributed by atoms with Crippen molar-refractivity contribution in [1.29, 1.82) is 5.26 Å². The molecule has 0 fully saturated rings. The first-order valence-electron chi connectivity index (χ1n) is 4.79. The quantitative estimate of drug-likeness (QED) is 0.716. The van der Waals surface area contributed by atoms with Gasteiger partial charge in [-0.25, -0.2) is 4.79 Å². The molecule has 0 radical (unpaired) electrons. The smallest absolute Gasteiger partial charge is 0.345 e. The number of pyridine rings is 1. The predicted octanol–water partition coefficient (Wildman–Crippen LogP) is 0.194. The minimum atomic E-state index is -0.809. The summed E-state index contributed by atoms with van der Waals surface area (Å²) in [4.78, 5) is 23.5. The van der Waals surface area contributed by atoms with Gasteiger partial charge in [0.05, 0.1) is 17.8 Å². The third kappa shape index (κ3) is 1.57. The number of nitrogen functional groups attached to an aromatic ring is 1. The molecule has 17 heavy (non-hydrogen) atoms. The molecule has 0 bridgehead atoms. The molecule has 6 nitrogen and oxygen atoms in total. The number of rotatable bonds is 1. The van der Waals surface area contributed by atoms with Crippen molar-refractivity contribution < 1.29 is 9.53 Å². The number of fused-ring (bicyclic) bond motifs is 1. The summed E-state index contributed by atoms with van der Waals surface area (Å²) in [5, 5.41) is 9.57. The van der Waals surface area contributed by atoms with Crippen molar-refractivity contribution in [2.45, 2.75) is 11.6 Å². The lowest BCUT2D eigenvalue weighted by Gasteiger charge is -2.10. The summed E-state index contributed by atoms with van der Waals surface area (Å²) in [6.45, 7) is 0.470. The number of carbonyl (C=O) groups is 1. The molecule has 1 aliphatic heterocycles. The van der Waals surface area contributed by atoms with Crippen LogP contribution in [0.3, 0.4) is 0 Å². The minimum Gasteiger partial charge on any atom is -0.465 e. The molecule has 2 N–H and O–H groups in total. The maximum Gasteiger partial charge on any atom is 0.345 e. The molecule has 0 aliphatic carbocycles. The van der Waals surface area contributed by atoms with Gasteiger partial charge in [0.2, 0.25) is 0 Å². The van der Waals surface area contributed by atoms with Gasteiger partial charge >= 0.3 is 5.97 Å². The fourth-order valence-corrected chi connectivity index (χ4v) is 2.81. The van der Waals surface area contributed by atoms with Crippen LogP contribution in [0.4, 0.5) is 5.69 Å². The van der Waals surface area contributed by atoms with Gasteiger partial charge in [-0.15, -0.1) is 11.8 Å². The number of esters is 1. The Morgan fingerprint density at radius 2 is 2.35 bits per heavy atom. The molecule has 0 saturated carbocycles. The van der Waals surface area contributed by atoms with Crippen molar-refractivity contribution in [3.8, 4) is 6.07 Å². The van der Waals surface area contributed by atoms with Crippen molar-refractivity contribution in [2.75, 3.05) is 18.6 Å². The Morgan fingerprint density at radius 1 is 1.65 bits per heavy atom. The highest BCUT2D eigenvalue weighted by atomic mass is 32.2. The van der Waals surface area contributed by atoms with Gasteiger partial charge in [0, 0.05) is 12.3 Å². The highest BCUT2D eigenvalue weighted by Crippen LogP contribution is 2.31. The SMILES string of the molecule is COC(=O)c1c(N)c(C#N)c2n(c1=O)CCS2. The molecule has 0 amide bonds. The number of nitriles is 1. The van der Waals surface area contributed by atoms with Crippen molar-refractivity contribution in [3.05, 3.63) is 21.5 Å². The molecule has 2 rings (SSSR count). The Hall–Kier alpha value is -1.94. The summed E-state index contributed by atoms with van der Waals surface area (Å²) in [6, 6.07) is 1.93. The second-order valence-electron chi connectivity index (χ2n) is 3.38. The Morgan fingerprint density at radius 3 is 2.94 bits per heavy atom. The Balaban J connectivity index is 2.84. The maximum absolute atomic E-state index is 12.0. The fourth-order valence-electron chi connectivity index (χ4n) is 1.71. The van der Waals surface area contributed by atoms with Crippen LogP contribution in [0.15, 0.2) is 9.82 Å². The molecule has 0 unspecified atom stereocenters. The number of thioether (sulfide) groups is 1. The van der Waals surface area contributed by atoms with Crippen molar-refractivity contribution >= 4 is 23.4 Å². The van der Waals surface area contributed by atoms with Crippen molar-refractivity contribution in [3.63, 3.8) is 0 Å². The van der Waals surface area contributed by atoms with Gasteiger partial charge in [-0.05, 0) is 0 Å². The molecule has 0 aromatic carbocycles. The number of methoxy groups -OCH3 is 1. The summed E-state index contributed by atoms with van der Waals surface area (Å²) in [7, 11) is 1.17. The molecule has 2 heterocycles. The van der Waals surface area contributed by atoms with E-state index in [4.69, 9.17) is 11.0 Å². The first-order valence-corrected chi connectivity index (χ1v) is 5.77. The summed E-state index contributed by atoms with van der Waals surface area (Å²) < 4.78 is 5.90. The van der Waals surface area contributed by atoms with Gasteiger partial charge in [0.25, 0.3) is 5.56 Å². The Kier molecular flexibility index (Phi) is 2.81. The highest BCUT2D eigenvalue weighted by Gasteiger charge is 2.27. The topological polar surface area (TPSA) is 98.1 Å². The summed E-state index contributed by atoms with van der Waals surface area (Å²) in [5.41, 5.74) is 5.03. The molecule has 0 spiro atoms. The monoisotopic (exact) mass is 251 g/mol. The standard InChI is InChI=1S/C10H9N3O3S/c1-16-10(15)6-7(12)5(4-11)9-13(8(6)14)2-3-17-9/h2-3,12H2,1H3. The minimum absolute atomic E-state index is 0.0926. The van der Waals surface area contributed by atoms with Gasteiger partial charge in [0.15, 0.2) is 0 Å². The largest absolute Gasteiger partial charge is 0.465 e. The number of nitrogens with zero attached hydrogens (tertiary/aromatic N) is 2. The summed E-state index contributed by atoms with van der Waals surface area (Å²) >= 11 is 1.38. The number of anilines is 1. The first kappa shape index (κ1) is 11.5. The van der Waals surface area contributed by atoms with E-state index in [2.05, 4.69) is 4.74 Å². The highest BCUT2D eigenvalue weighted by molar-refractivity contribution is 7.99. The third-order valence-corrected chi connectivity index (χ3v) is 3.60. The number of nitrogens with two attached hydrogens (primary N) is 1. The van der Waals surface area contributed by atoms with Crippen LogP contribution in [0.2, 0.25) is 0 Å². The number of ether oxygens (including phenoxy) is 1. The van der Waals surface area contributed by atoms with Crippen LogP contribution in [0.1, 0.15) is 15.9 Å². The summed E-state index contributed by atoms with van der Waals surface area (Å²) in [5.74, 6) is -0.121. The zero-order valence-electron chi connectivity index (χ0n) is 9.02. The predicted molar refractivity (Wildman–Crippen MR) is 61.9 cm³/mol. The lowest BCUT2D eigenvalue weighted by Crippen LogP contribution is -2.29. The summed E-state index contributed by atoms with van der Waals surface area (Å²) in [6.07, 6.45) is 0. The van der Waals surface area contributed by atoms with Crippen molar-refractivity contribution in [1.82, 2.24) is 4.57 Å². The van der Waals surface area contributed by atoms with E-state index in [1.165, 1.54) is 23.4 Å². The Bertz CT molecular complexity index is 600. The first-order chi connectivity index (χ1) is 8.11. The lowest BCUT2D eigenvalue weighted by molar-refractivity contribution is 0.0599. The van der Waals surface area contributed by atoms with E-state index >= 15 is 0 Å². The molecular formula is C10H9N3O3S. The van der Waals surface area contributed by atoms with E-state index in [1.807, 2.05) is 6.07 Å². The van der Waals surface area contributed by atoms with Crippen LogP contribution in [0, 0.1) is 11.3 Å². The van der Waals surface area contributed by atoms with Gasteiger partial charge in [-0.3, -0.25) is 4.79 Å². The average molecular weight is 251 g/mol. The number of carbonyl (C=O) groups excluding carboxylic acids is 1. The van der Waals surface area contributed by atoms with E-state index in [1.54, 1.807) is 0 Å².